The molecule has 2 atom stereocenters. The van der Waals surface area contributed by atoms with Crippen molar-refractivity contribution < 1.29 is 14.3 Å². The number of rotatable bonds is 8. The first-order chi connectivity index (χ1) is 12.0. The minimum atomic E-state index is -0.423. The standard InChI is InChI=1S/C20H34N2O3/c1-5-18-15(14-21(6-2)7-3)13-19(25-18)20(24)22(8-4)16-11-9-10-12-17(16)23/h13,16-17,23H,5-12,14H2,1-4H3/t16-,17-/m1/s1. The minimum Gasteiger partial charge on any atom is -0.456 e. The molecule has 5 nitrogen and oxygen atoms in total. The van der Waals surface area contributed by atoms with Crippen molar-refractivity contribution in [3.05, 3.63) is 23.2 Å². The largest absolute Gasteiger partial charge is 0.456 e. The summed E-state index contributed by atoms with van der Waals surface area (Å²) in [6.45, 7) is 11.7. The van der Waals surface area contributed by atoms with Gasteiger partial charge in [0.1, 0.15) is 5.76 Å². The monoisotopic (exact) mass is 350 g/mol. The number of hydrogen-bond acceptors (Lipinski definition) is 4. The van der Waals surface area contributed by atoms with E-state index in [-0.39, 0.29) is 11.9 Å². The van der Waals surface area contributed by atoms with Crippen molar-refractivity contribution >= 4 is 5.91 Å². The average Bonchev–Trinajstić information content (AvgIpc) is 3.04. The van der Waals surface area contributed by atoms with E-state index in [0.717, 1.165) is 63.1 Å². The zero-order valence-corrected chi connectivity index (χ0v) is 16.3. The molecule has 1 heterocycles. The van der Waals surface area contributed by atoms with Crippen molar-refractivity contribution in [1.29, 1.82) is 0 Å². The molecule has 1 aliphatic rings. The fraction of sp³-hybridized carbons (Fsp3) is 0.750. The third-order valence-electron chi connectivity index (χ3n) is 5.41. The van der Waals surface area contributed by atoms with E-state index in [1.165, 1.54) is 0 Å². The lowest BCUT2D eigenvalue weighted by Crippen LogP contribution is -2.48. The maximum atomic E-state index is 13.0. The Bertz CT molecular complexity index is 551. The van der Waals surface area contributed by atoms with Gasteiger partial charge in [-0.3, -0.25) is 9.69 Å². The highest BCUT2D eigenvalue weighted by Crippen LogP contribution is 2.26. The zero-order chi connectivity index (χ0) is 18.4. The molecule has 2 rings (SSSR count). The van der Waals surface area contributed by atoms with Gasteiger partial charge in [0.2, 0.25) is 0 Å². The van der Waals surface area contributed by atoms with Gasteiger partial charge in [-0.15, -0.1) is 0 Å². The van der Waals surface area contributed by atoms with Crippen LogP contribution in [0.3, 0.4) is 0 Å². The Kier molecular flexibility index (Phi) is 7.51. The molecule has 1 aromatic heterocycles. The normalized spacial score (nSPS) is 20.9. The number of carbonyl (C=O) groups excluding carboxylic acids is 1. The highest BCUT2D eigenvalue weighted by Gasteiger charge is 2.33. The summed E-state index contributed by atoms with van der Waals surface area (Å²) in [5, 5.41) is 10.3. The number of furan rings is 1. The van der Waals surface area contributed by atoms with E-state index in [1.807, 2.05) is 13.0 Å². The maximum Gasteiger partial charge on any atom is 0.289 e. The molecule has 0 radical (unpaired) electrons. The van der Waals surface area contributed by atoms with E-state index in [2.05, 4.69) is 25.7 Å². The van der Waals surface area contributed by atoms with E-state index in [0.29, 0.717) is 12.3 Å². The molecule has 1 aliphatic carbocycles. The lowest BCUT2D eigenvalue weighted by Gasteiger charge is -2.36. The average molecular weight is 351 g/mol. The Labute approximate surface area is 152 Å². The molecule has 1 amide bonds. The number of nitrogens with zero attached hydrogens (tertiary/aromatic N) is 2. The van der Waals surface area contributed by atoms with Gasteiger partial charge in [-0.25, -0.2) is 0 Å². The van der Waals surface area contributed by atoms with Crippen LogP contribution in [0.2, 0.25) is 0 Å². The second-order valence-electron chi connectivity index (χ2n) is 6.88. The molecule has 0 aliphatic heterocycles. The van der Waals surface area contributed by atoms with Crippen LogP contribution in [0.4, 0.5) is 0 Å². The second kappa shape index (κ2) is 9.39. The Balaban J connectivity index is 2.20. The van der Waals surface area contributed by atoms with Crippen molar-refractivity contribution in [2.45, 2.75) is 78.5 Å². The minimum absolute atomic E-state index is 0.0889. The van der Waals surface area contributed by atoms with Gasteiger partial charge in [0.05, 0.1) is 12.1 Å². The van der Waals surface area contributed by atoms with Crippen molar-refractivity contribution in [3.8, 4) is 0 Å². The van der Waals surface area contributed by atoms with Crippen LogP contribution in [0, 0.1) is 0 Å². The number of likely N-dealkylation sites (N-methyl/N-ethyl adjacent to an activating group) is 1. The van der Waals surface area contributed by atoms with Crippen LogP contribution in [0.15, 0.2) is 10.5 Å². The van der Waals surface area contributed by atoms with Crippen molar-refractivity contribution in [2.75, 3.05) is 19.6 Å². The number of carbonyl (C=O) groups is 1. The molecule has 25 heavy (non-hydrogen) atoms. The molecule has 1 N–H and O–H groups in total. The van der Waals surface area contributed by atoms with Crippen LogP contribution < -0.4 is 0 Å². The summed E-state index contributed by atoms with van der Waals surface area (Å²) in [5.74, 6) is 1.23. The van der Waals surface area contributed by atoms with Crippen molar-refractivity contribution in [3.63, 3.8) is 0 Å². The van der Waals surface area contributed by atoms with Gasteiger partial charge in [-0.1, -0.05) is 33.6 Å². The molecular formula is C20H34N2O3. The zero-order valence-electron chi connectivity index (χ0n) is 16.3. The first-order valence-electron chi connectivity index (χ1n) is 9.88. The molecule has 142 valence electrons. The van der Waals surface area contributed by atoms with E-state index in [1.54, 1.807) is 4.90 Å². The summed E-state index contributed by atoms with van der Waals surface area (Å²) < 4.78 is 5.92. The SMILES string of the molecule is CCc1oc(C(=O)N(CC)[C@@H]2CCCC[C@H]2O)cc1CN(CC)CC. The highest BCUT2D eigenvalue weighted by molar-refractivity contribution is 5.92. The molecule has 1 aromatic rings. The molecular weight excluding hydrogens is 316 g/mol. The number of hydrogen-bond donors (Lipinski definition) is 1. The van der Waals surface area contributed by atoms with Crippen molar-refractivity contribution in [1.82, 2.24) is 9.80 Å². The Hall–Kier alpha value is -1.33. The van der Waals surface area contributed by atoms with E-state index in [9.17, 15) is 9.90 Å². The Morgan fingerprint density at radius 2 is 1.84 bits per heavy atom. The summed E-state index contributed by atoms with van der Waals surface area (Å²) in [6, 6.07) is 1.82. The topological polar surface area (TPSA) is 56.9 Å². The van der Waals surface area contributed by atoms with Crippen LogP contribution in [0.5, 0.6) is 0 Å². The number of aliphatic hydroxyl groups is 1. The van der Waals surface area contributed by atoms with Gasteiger partial charge < -0.3 is 14.4 Å². The van der Waals surface area contributed by atoms with Crippen LogP contribution >= 0.6 is 0 Å². The third-order valence-corrected chi connectivity index (χ3v) is 5.41. The highest BCUT2D eigenvalue weighted by atomic mass is 16.4. The van der Waals surface area contributed by atoms with Crippen LogP contribution in [-0.2, 0) is 13.0 Å². The molecule has 0 bridgehead atoms. The lowest BCUT2D eigenvalue weighted by molar-refractivity contribution is 0.0177. The van der Waals surface area contributed by atoms with Crippen molar-refractivity contribution in [2.24, 2.45) is 0 Å². The lowest BCUT2D eigenvalue weighted by atomic mass is 9.91. The van der Waals surface area contributed by atoms with Gasteiger partial charge in [-0.05, 0) is 38.9 Å². The molecule has 1 saturated carbocycles. The first kappa shape index (κ1) is 20.0. The Morgan fingerprint density at radius 1 is 1.16 bits per heavy atom. The second-order valence-corrected chi connectivity index (χ2v) is 6.88. The van der Waals surface area contributed by atoms with E-state index in [4.69, 9.17) is 4.42 Å². The quantitative estimate of drug-likeness (QED) is 0.780. The fourth-order valence-electron chi connectivity index (χ4n) is 3.82. The summed E-state index contributed by atoms with van der Waals surface area (Å²) >= 11 is 0. The number of amides is 1. The summed E-state index contributed by atoms with van der Waals surface area (Å²) in [6.07, 6.45) is 4.11. The van der Waals surface area contributed by atoms with Gasteiger partial charge in [0.15, 0.2) is 5.76 Å². The van der Waals surface area contributed by atoms with Gasteiger partial charge in [0.25, 0.3) is 5.91 Å². The van der Waals surface area contributed by atoms with Gasteiger partial charge in [0, 0.05) is 25.1 Å². The van der Waals surface area contributed by atoms with Crippen LogP contribution in [0.25, 0.3) is 0 Å². The van der Waals surface area contributed by atoms with E-state index >= 15 is 0 Å². The predicted molar refractivity (Wildman–Crippen MR) is 99.7 cm³/mol. The summed E-state index contributed by atoms with van der Waals surface area (Å²) in [7, 11) is 0. The molecule has 0 aromatic carbocycles. The maximum absolute atomic E-state index is 13.0. The van der Waals surface area contributed by atoms with Gasteiger partial charge in [-0.2, -0.15) is 0 Å². The third kappa shape index (κ3) is 4.64. The molecule has 5 heteroatoms. The van der Waals surface area contributed by atoms with E-state index < -0.39 is 6.10 Å². The summed E-state index contributed by atoms with van der Waals surface area (Å²) in [4.78, 5) is 17.1. The smallest absolute Gasteiger partial charge is 0.289 e. The molecule has 0 spiro atoms. The van der Waals surface area contributed by atoms with Crippen LogP contribution in [-0.4, -0.2) is 52.6 Å². The van der Waals surface area contributed by atoms with Gasteiger partial charge >= 0.3 is 0 Å². The fourth-order valence-corrected chi connectivity index (χ4v) is 3.82. The number of aryl methyl sites for hydroxylation is 1. The molecule has 1 fully saturated rings. The van der Waals surface area contributed by atoms with Crippen LogP contribution in [0.1, 0.15) is 75.3 Å². The number of aliphatic hydroxyl groups excluding tert-OH is 1. The Morgan fingerprint density at radius 3 is 2.40 bits per heavy atom. The summed E-state index contributed by atoms with van der Waals surface area (Å²) in [5.41, 5.74) is 1.11. The predicted octanol–water partition coefficient (Wildman–Crippen LogP) is 3.45. The molecule has 0 unspecified atom stereocenters. The molecule has 0 saturated heterocycles. The first-order valence-corrected chi connectivity index (χ1v) is 9.88.